The average molecular weight is 457 g/mol. The summed E-state index contributed by atoms with van der Waals surface area (Å²) in [5, 5.41) is 12.9. The summed E-state index contributed by atoms with van der Waals surface area (Å²) in [6.07, 6.45) is 1.79. The lowest BCUT2D eigenvalue weighted by atomic mass is 10.2. The van der Waals surface area contributed by atoms with Crippen LogP contribution in [0.4, 0.5) is 5.82 Å². The van der Waals surface area contributed by atoms with Crippen LogP contribution in [0, 0.1) is 5.92 Å². The second kappa shape index (κ2) is 11.2. The van der Waals surface area contributed by atoms with Crippen molar-refractivity contribution >= 4 is 34.5 Å². The molecule has 0 radical (unpaired) electrons. The molecule has 2 aromatic heterocycles. The molecule has 0 unspecified atom stereocenters. The molecule has 0 saturated carbocycles. The van der Waals surface area contributed by atoms with Crippen LogP contribution < -0.4 is 15.4 Å². The number of nitrogens with zero attached hydrogens (tertiary/aromatic N) is 4. The van der Waals surface area contributed by atoms with Crippen molar-refractivity contribution in [2.24, 2.45) is 5.92 Å². The highest BCUT2D eigenvalue weighted by Crippen LogP contribution is 2.26. The van der Waals surface area contributed by atoms with Crippen LogP contribution in [0.15, 0.2) is 35.6 Å². The predicted molar refractivity (Wildman–Crippen MR) is 130 cm³/mol. The van der Waals surface area contributed by atoms with Gasteiger partial charge in [0.2, 0.25) is 0 Å². The standard InChI is InChI=1S/C23H32N6O2S/c1-6-31-18-9-7-17(8-10-18)22(30)24-11-12-29-21-19(14-26-29)20(25-13-15(2)3)27-23(28-21)32-16(4)5/h7-10,14-16H,6,11-13H2,1-5H3,(H,24,30)(H,25,27,28). The minimum absolute atomic E-state index is 0.130. The molecule has 0 spiro atoms. The van der Waals surface area contributed by atoms with E-state index in [2.05, 4.69) is 43.4 Å². The summed E-state index contributed by atoms with van der Waals surface area (Å²) in [4.78, 5) is 21.9. The molecule has 172 valence electrons. The zero-order valence-corrected chi connectivity index (χ0v) is 20.2. The highest BCUT2D eigenvalue weighted by atomic mass is 32.2. The molecule has 1 amide bonds. The Morgan fingerprint density at radius 3 is 2.56 bits per heavy atom. The minimum Gasteiger partial charge on any atom is -0.494 e. The van der Waals surface area contributed by atoms with Crippen molar-refractivity contribution in [2.45, 2.75) is 51.6 Å². The van der Waals surface area contributed by atoms with Gasteiger partial charge in [0.15, 0.2) is 10.8 Å². The van der Waals surface area contributed by atoms with E-state index in [0.717, 1.165) is 34.3 Å². The quantitative estimate of drug-likeness (QED) is 0.329. The number of nitrogens with one attached hydrogen (secondary N) is 2. The van der Waals surface area contributed by atoms with Gasteiger partial charge in [-0.05, 0) is 37.1 Å². The van der Waals surface area contributed by atoms with Crippen LogP contribution in [0.5, 0.6) is 5.75 Å². The molecule has 32 heavy (non-hydrogen) atoms. The molecule has 0 aliphatic rings. The minimum atomic E-state index is -0.130. The molecule has 0 aliphatic heterocycles. The van der Waals surface area contributed by atoms with Crippen LogP contribution in [0.2, 0.25) is 0 Å². The second-order valence-electron chi connectivity index (χ2n) is 8.11. The maximum absolute atomic E-state index is 12.5. The van der Waals surface area contributed by atoms with E-state index in [4.69, 9.17) is 14.7 Å². The van der Waals surface area contributed by atoms with Gasteiger partial charge >= 0.3 is 0 Å². The van der Waals surface area contributed by atoms with Crippen LogP contribution in [-0.2, 0) is 6.54 Å². The molecule has 0 bridgehead atoms. The summed E-state index contributed by atoms with van der Waals surface area (Å²) < 4.78 is 7.24. The van der Waals surface area contributed by atoms with Gasteiger partial charge in [0.05, 0.1) is 24.7 Å². The van der Waals surface area contributed by atoms with Crippen molar-refractivity contribution in [3.63, 3.8) is 0 Å². The average Bonchev–Trinajstić information content (AvgIpc) is 3.15. The first-order valence-electron chi connectivity index (χ1n) is 11.0. The molecule has 2 N–H and O–H groups in total. The van der Waals surface area contributed by atoms with Crippen molar-refractivity contribution in [3.8, 4) is 5.75 Å². The summed E-state index contributed by atoms with van der Waals surface area (Å²) in [5.41, 5.74) is 1.36. The number of amides is 1. The third kappa shape index (κ3) is 6.35. The number of thioether (sulfide) groups is 1. The van der Waals surface area contributed by atoms with Crippen LogP contribution in [0.25, 0.3) is 11.0 Å². The number of rotatable bonds is 11. The highest BCUT2D eigenvalue weighted by molar-refractivity contribution is 7.99. The van der Waals surface area contributed by atoms with Crippen molar-refractivity contribution in [2.75, 3.05) is 25.0 Å². The Hall–Kier alpha value is -2.81. The number of anilines is 1. The molecule has 1 aromatic carbocycles. The van der Waals surface area contributed by atoms with Gasteiger partial charge in [0, 0.05) is 23.9 Å². The SMILES string of the molecule is CCOc1ccc(C(=O)NCCn2ncc3c(NCC(C)C)nc(SC(C)C)nc32)cc1. The van der Waals surface area contributed by atoms with E-state index in [1.165, 1.54) is 0 Å². The summed E-state index contributed by atoms with van der Waals surface area (Å²) in [7, 11) is 0. The normalized spacial score (nSPS) is 11.3. The van der Waals surface area contributed by atoms with Gasteiger partial charge in [0.25, 0.3) is 5.91 Å². The number of benzene rings is 1. The van der Waals surface area contributed by atoms with Gasteiger partial charge in [0.1, 0.15) is 11.6 Å². The fraction of sp³-hybridized carbons (Fsp3) is 0.478. The zero-order valence-electron chi connectivity index (χ0n) is 19.4. The van der Waals surface area contributed by atoms with Gasteiger partial charge in [-0.15, -0.1) is 0 Å². The van der Waals surface area contributed by atoms with Gasteiger partial charge in [-0.25, -0.2) is 14.6 Å². The summed E-state index contributed by atoms with van der Waals surface area (Å²) >= 11 is 1.62. The third-order valence-electron chi connectivity index (χ3n) is 4.53. The van der Waals surface area contributed by atoms with E-state index >= 15 is 0 Å². The fourth-order valence-electron chi connectivity index (χ4n) is 3.04. The van der Waals surface area contributed by atoms with E-state index in [0.29, 0.717) is 36.4 Å². The monoisotopic (exact) mass is 456 g/mol. The molecule has 8 nitrogen and oxygen atoms in total. The first kappa shape index (κ1) is 23.8. The maximum atomic E-state index is 12.5. The maximum Gasteiger partial charge on any atom is 0.251 e. The molecular weight excluding hydrogens is 424 g/mol. The Balaban J connectivity index is 1.71. The van der Waals surface area contributed by atoms with Crippen molar-refractivity contribution < 1.29 is 9.53 Å². The third-order valence-corrected chi connectivity index (χ3v) is 5.40. The van der Waals surface area contributed by atoms with Crippen molar-refractivity contribution in [1.82, 2.24) is 25.1 Å². The van der Waals surface area contributed by atoms with Gasteiger partial charge in [-0.2, -0.15) is 5.10 Å². The Bertz CT molecular complexity index is 1030. The van der Waals surface area contributed by atoms with Crippen LogP contribution >= 0.6 is 11.8 Å². The number of carbonyl (C=O) groups excluding carboxylic acids is 1. The number of fused-ring (bicyclic) bond motifs is 1. The molecule has 0 fully saturated rings. The van der Waals surface area contributed by atoms with E-state index in [-0.39, 0.29) is 5.91 Å². The lowest BCUT2D eigenvalue weighted by Crippen LogP contribution is -2.27. The molecule has 9 heteroatoms. The molecule has 3 rings (SSSR count). The number of carbonyl (C=O) groups is 1. The van der Waals surface area contributed by atoms with Crippen LogP contribution in [0.1, 0.15) is 45.0 Å². The van der Waals surface area contributed by atoms with E-state index in [9.17, 15) is 4.79 Å². The molecule has 0 aliphatic carbocycles. The molecule has 0 atom stereocenters. The van der Waals surface area contributed by atoms with Crippen LogP contribution in [-0.4, -0.2) is 50.6 Å². The van der Waals surface area contributed by atoms with Gasteiger partial charge < -0.3 is 15.4 Å². The Kier molecular flexibility index (Phi) is 8.33. The molecule has 2 heterocycles. The molecule has 0 saturated heterocycles. The van der Waals surface area contributed by atoms with E-state index < -0.39 is 0 Å². The fourth-order valence-corrected chi connectivity index (χ4v) is 3.75. The number of ether oxygens (including phenoxy) is 1. The summed E-state index contributed by atoms with van der Waals surface area (Å²) in [6.45, 7) is 12.9. The smallest absolute Gasteiger partial charge is 0.251 e. The molecule has 3 aromatic rings. The first-order chi connectivity index (χ1) is 15.4. The van der Waals surface area contributed by atoms with Gasteiger partial charge in [-0.3, -0.25) is 4.79 Å². The Labute approximate surface area is 193 Å². The lowest BCUT2D eigenvalue weighted by Gasteiger charge is -2.12. The summed E-state index contributed by atoms with van der Waals surface area (Å²) in [6, 6.07) is 7.13. The van der Waals surface area contributed by atoms with Crippen LogP contribution in [0.3, 0.4) is 0 Å². The van der Waals surface area contributed by atoms with Crippen molar-refractivity contribution in [1.29, 1.82) is 0 Å². The Morgan fingerprint density at radius 2 is 1.91 bits per heavy atom. The number of hydrogen-bond donors (Lipinski definition) is 2. The van der Waals surface area contributed by atoms with Crippen molar-refractivity contribution in [3.05, 3.63) is 36.0 Å². The first-order valence-corrected chi connectivity index (χ1v) is 11.9. The largest absolute Gasteiger partial charge is 0.494 e. The zero-order chi connectivity index (χ0) is 23.1. The number of hydrogen-bond acceptors (Lipinski definition) is 7. The summed E-state index contributed by atoms with van der Waals surface area (Å²) in [5.74, 6) is 1.92. The van der Waals surface area contributed by atoms with Gasteiger partial charge in [-0.1, -0.05) is 39.5 Å². The number of aromatic nitrogens is 4. The van der Waals surface area contributed by atoms with E-state index in [1.54, 1.807) is 42.2 Å². The topological polar surface area (TPSA) is 94.0 Å². The highest BCUT2D eigenvalue weighted by Gasteiger charge is 2.15. The second-order valence-corrected chi connectivity index (χ2v) is 9.66. The van der Waals surface area contributed by atoms with E-state index in [1.807, 2.05) is 11.6 Å². The predicted octanol–water partition coefficient (Wildman–Crippen LogP) is 4.22. The Morgan fingerprint density at radius 1 is 1.16 bits per heavy atom. The lowest BCUT2D eigenvalue weighted by molar-refractivity contribution is 0.0952. The molecular formula is C23H32N6O2S.